The molecule has 108 valence electrons. The number of nitrogens with one attached hydrogen (secondary N) is 2. The SMILES string of the molecule is Cc1cnn(CCNC(C)c2c(C)nc(C)[nH]c2=O)c1. The maximum Gasteiger partial charge on any atom is 0.255 e. The van der Waals surface area contributed by atoms with E-state index in [1.807, 2.05) is 37.8 Å². The standard InChI is InChI=1S/C14H21N5O/c1-9-7-16-19(8-9)6-5-15-10(2)13-11(3)17-12(4)18-14(13)20/h7-8,10,15H,5-6H2,1-4H3,(H,17,18,20). The van der Waals surface area contributed by atoms with E-state index in [1.54, 1.807) is 6.92 Å². The third-order valence-electron chi connectivity index (χ3n) is 3.25. The zero-order valence-corrected chi connectivity index (χ0v) is 12.4. The largest absolute Gasteiger partial charge is 0.310 e. The van der Waals surface area contributed by atoms with Gasteiger partial charge in [-0.2, -0.15) is 5.10 Å². The van der Waals surface area contributed by atoms with Gasteiger partial charge >= 0.3 is 0 Å². The highest BCUT2D eigenvalue weighted by atomic mass is 16.1. The summed E-state index contributed by atoms with van der Waals surface area (Å²) in [5.74, 6) is 0.649. The molecule has 2 N–H and O–H groups in total. The van der Waals surface area contributed by atoms with E-state index in [9.17, 15) is 4.79 Å². The lowest BCUT2D eigenvalue weighted by Crippen LogP contribution is -2.30. The molecule has 0 spiro atoms. The van der Waals surface area contributed by atoms with Crippen LogP contribution in [0.25, 0.3) is 0 Å². The minimum absolute atomic E-state index is 0.0384. The molecule has 0 aliphatic rings. The lowest BCUT2D eigenvalue weighted by atomic mass is 10.1. The third-order valence-corrected chi connectivity index (χ3v) is 3.25. The average molecular weight is 275 g/mol. The Morgan fingerprint density at radius 3 is 2.75 bits per heavy atom. The summed E-state index contributed by atoms with van der Waals surface area (Å²) in [5.41, 5.74) is 2.56. The Balaban J connectivity index is 1.98. The van der Waals surface area contributed by atoms with Crippen LogP contribution in [0.4, 0.5) is 0 Å². The number of hydrogen-bond donors (Lipinski definition) is 2. The Bertz CT molecular complexity index is 643. The van der Waals surface area contributed by atoms with Crippen LogP contribution in [-0.4, -0.2) is 26.3 Å². The van der Waals surface area contributed by atoms with Crippen LogP contribution in [0.3, 0.4) is 0 Å². The van der Waals surface area contributed by atoms with Crippen molar-refractivity contribution in [3.63, 3.8) is 0 Å². The van der Waals surface area contributed by atoms with E-state index in [-0.39, 0.29) is 11.6 Å². The van der Waals surface area contributed by atoms with Gasteiger partial charge in [-0.25, -0.2) is 4.98 Å². The molecule has 0 aliphatic carbocycles. The van der Waals surface area contributed by atoms with Gasteiger partial charge in [-0.1, -0.05) is 0 Å². The van der Waals surface area contributed by atoms with Crippen LogP contribution in [0.5, 0.6) is 0 Å². The summed E-state index contributed by atoms with van der Waals surface area (Å²) in [5, 5.41) is 7.57. The van der Waals surface area contributed by atoms with Gasteiger partial charge in [0.25, 0.3) is 5.56 Å². The molecule has 6 heteroatoms. The fourth-order valence-corrected chi connectivity index (χ4v) is 2.33. The zero-order chi connectivity index (χ0) is 14.7. The Morgan fingerprint density at radius 1 is 1.40 bits per heavy atom. The molecule has 1 unspecified atom stereocenters. The van der Waals surface area contributed by atoms with Gasteiger partial charge in [-0.3, -0.25) is 9.48 Å². The first-order chi connectivity index (χ1) is 9.47. The molecule has 0 radical (unpaired) electrons. The molecular formula is C14H21N5O. The Labute approximate surface area is 118 Å². The maximum absolute atomic E-state index is 12.0. The highest BCUT2D eigenvalue weighted by Crippen LogP contribution is 2.10. The van der Waals surface area contributed by atoms with E-state index in [4.69, 9.17) is 0 Å². The van der Waals surface area contributed by atoms with Crippen LogP contribution in [0, 0.1) is 20.8 Å². The maximum atomic E-state index is 12.0. The van der Waals surface area contributed by atoms with Gasteiger partial charge in [0.1, 0.15) is 5.82 Å². The third kappa shape index (κ3) is 3.33. The smallest absolute Gasteiger partial charge is 0.255 e. The van der Waals surface area contributed by atoms with Gasteiger partial charge in [0, 0.05) is 24.5 Å². The van der Waals surface area contributed by atoms with E-state index in [2.05, 4.69) is 20.4 Å². The van der Waals surface area contributed by atoms with Gasteiger partial charge in [-0.15, -0.1) is 0 Å². The zero-order valence-electron chi connectivity index (χ0n) is 12.4. The highest BCUT2D eigenvalue weighted by Gasteiger charge is 2.13. The van der Waals surface area contributed by atoms with Gasteiger partial charge in [0.05, 0.1) is 18.3 Å². The summed E-state index contributed by atoms with van der Waals surface area (Å²) < 4.78 is 1.89. The van der Waals surface area contributed by atoms with Crippen LogP contribution in [-0.2, 0) is 6.54 Å². The van der Waals surface area contributed by atoms with Crippen molar-refractivity contribution in [2.75, 3.05) is 6.54 Å². The summed E-state index contributed by atoms with van der Waals surface area (Å²) in [4.78, 5) is 19.0. The van der Waals surface area contributed by atoms with Gasteiger partial charge < -0.3 is 10.3 Å². The number of aromatic nitrogens is 4. The molecule has 2 aromatic heterocycles. The molecule has 0 saturated carbocycles. The number of aryl methyl sites for hydroxylation is 3. The molecule has 0 fully saturated rings. The molecule has 0 aliphatic heterocycles. The van der Waals surface area contributed by atoms with Crippen LogP contribution < -0.4 is 10.9 Å². The Hall–Kier alpha value is -1.95. The first-order valence-corrected chi connectivity index (χ1v) is 6.77. The second kappa shape index (κ2) is 6.00. The molecular weight excluding hydrogens is 254 g/mol. The number of aromatic amines is 1. The number of rotatable bonds is 5. The van der Waals surface area contributed by atoms with Crippen molar-refractivity contribution in [1.82, 2.24) is 25.1 Å². The van der Waals surface area contributed by atoms with Crippen LogP contribution in [0.1, 0.15) is 35.6 Å². The van der Waals surface area contributed by atoms with E-state index < -0.39 is 0 Å². The minimum Gasteiger partial charge on any atom is -0.310 e. The molecule has 0 bridgehead atoms. The summed E-state index contributed by atoms with van der Waals surface area (Å²) in [7, 11) is 0. The van der Waals surface area contributed by atoms with Crippen molar-refractivity contribution >= 4 is 0 Å². The fourth-order valence-electron chi connectivity index (χ4n) is 2.33. The number of hydrogen-bond acceptors (Lipinski definition) is 4. The summed E-state index contributed by atoms with van der Waals surface area (Å²) in [6.07, 6.45) is 3.83. The van der Waals surface area contributed by atoms with Gasteiger partial charge in [0.2, 0.25) is 0 Å². The van der Waals surface area contributed by atoms with E-state index in [1.165, 1.54) is 0 Å². The van der Waals surface area contributed by atoms with Crippen molar-refractivity contribution in [3.8, 4) is 0 Å². The summed E-state index contributed by atoms with van der Waals surface area (Å²) >= 11 is 0. The molecule has 2 heterocycles. The predicted octanol–water partition coefficient (Wildman–Crippen LogP) is 1.24. The highest BCUT2D eigenvalue weighted by molar-refractivity contribution is 5.19. The number of H-pyrrole nitrogens is 1. The molecule has 20 heavy (non-hydrogen) atoms. The first kappa shape index (κ1) is 14.5. The lowest BCUT2D eigenvalue weighted by molar-refractivity contribution is 0.502. The van der Waals surface area contributed by atoms with Crippen molar-refractivity contribution in [1.29, 1.82) is 0 Å². The topological polar surface area (TPSA) is 75.6 Å². The molecule has 0 amide bonds. The van der Waals surface area contributed by atoms with Crippen molar-refractivity contribution in [2.45, 2.75) is 40.3 Å². The molecule has 0 saturated heterocycles. The van der Waals surface area contributed by atoms with Crippen molar-refractivity contribution < 1.29 is 0 Å². The van der Waals surface area contributed by atoms with Crippen LogP contribution in [0.15, 0.2) is 17.2 Å². The molecule has 1 atom stereocenters. The predicted molar refractivity (Wildman–Crippen MR) is 77.7 cm³/mol. The number of nitrogens with zero attached hydrogens (tertiary/aromatic N) is 3. The normalized spacial score (nSPS) is 12.6. The monoisotopic (exact) mass is 275 g/mol. The lowest BCUT2D eigenvalue weighted by Gasteiger charge is -2.15. The summed E-state index contributed by atoms with van der Waals surface area (Å²) in [6, 6.07) is -0.0384. The first-order valence-electron chi connectivity index (χ1n) is 6.77. The summed E-state index contributed by atoms with van der Waals surface area (Å²) in [6.45, 7) is 9.16. The van der Waals surface area contributed by atoms with Crippen LogP contribution in [0.2, 0.25) is 0 Å². The Morgan fingerprint density at radius 2 is 2.15 bits per heavy atom. The van der Waals surface area contributed by atoms with E-state index in [0.29, 0.717) is 11.4 Å². The minimum atomic E-state index is -0.0649. The van der Waals surface area contributed by atoms with E-state index in [0.717, 1.165) is 24.3 Å². The van der Waals surface area contributed by atoms with Crippen molar-refractivity contribution in [3.05, 3.63) is 45.4 Å². The van der Waals surface area contributed by atoms with Crippen LogP contribution >= 0.6 is 0 Å². The molecule has 0 aromatic carbocycles. The second-order valence-electron chi connectivity index (χ2n) is 5.11. The van der Waals surface area contributed by atoms with Gasteiger partial charge in [0.15, 0.2) is 0 Å². The fraction of sp³-hybridized carbons (Fsp3) is 0.500. The molecule has 6 nitrogen and oxygen atoms in total. The molecule has 2 aromatic rings. The van der Waals surface area contributed by atoms with E-state index >= 15 is 0 Å². The molecule has 2 rings (SSSR count). The van der Waals surface area contributed by atoms with Gasteiger partial charge in [-0.05, 0) is 33.3 Å². The quantitative estimate of drug-likeness (QED) is 0.861. The second-order valence-corrected chi connectivity index (χ2v) is 5.11. The van der Waals surface area contributed by atoms with Crippen molar-refractivity contribution in [2.24, 2.45) is 0 Å². The average Bonchev–Trinajstić information content (AvgIpc) is 2.73. The Kier molecular flexibility index (Phi) is 4.34.